The van der Waals surface area contributed by atoms with Crippen molar-refractivity contribution in [3.05, 3.63) is 42.0 Å². The zero-order valence-electron chi connectivity index (χ0n) is 16.6. The lowest BCUT2D eigenvalue weighted by atomic mass is 10.1. The molecule has 29 heavy (non-hydrogen) atoms. The SMILES string of the molecule is COc1ccc(CN2CCN(C(=O)Nc3ccc4c(c3)OCO4)CC2)cc1OC. The first-order valence-electron chi connectivity index (χ1n) is 9.55. The van der Waals surface area contributed by atoms with Gasteiger partial charge in [0, 0.05) is 44.5 Å². The summed E-state index contributed by atoms with van der Waals surface area (Å²) in [4.78, 5) is 16.7. The molecule has 2 aromatic carbocycles. The van der Waals surface area contributed by atoms with E-state index in [4.69, 9.17) is 18.9 Å². The molecule has 4 rings (SSSR count). The third kappa shape index (κ3) is 4.32. The number of urea groups is 1. The molecule has 8 nitrogen and oxygen atoms in total. The van der Waals surface area contributed by atoms with Crippen LogP contribution in [-0.4, -0.2) is 63.0 Å². The van der Waals surface area contributed by atoms with E-state index in [9.17, 15) is 4.79 Å². The van der Waals surface area contributed by atoms with Crippen molar-refractivity contribution in [2.75, 3.05) is 52.5 Å². The molecule has 2 aromatic rings. The van der Waals surface area contributed by atoms with Gasteiger partial charge in [0.25, 0.3) is 0 Å². The highest BCUT2D eigenvalue weighted by Crippen LogP contribution is 2.34. The van der Waals surface area contributed by atoms with Crippen molar-refractivity contribution in [3.8, 4) is 23.0 Å². The molecule has 0 radical (unpaired) electrons. The molecule has 1 N–H and O–H groups in total. The molecule has 0 atom stereocenters. The normalized spacial score (nSPS) is 15.9. The van der Waals surface area contributed by atoms with Crippen LogP contribution in [0.15, 0.2) is 36.4 Å². The number of hydrogen-bond acceptors (Lipinski definition) is 6. The summed E-state index contributed by atoms with van der Waals surface area (Å²) in [5.41, 5.74) is 1.85. The number of anilines is 1. The molecule has 0 spiro atoms. The van der Waals surface area contributed by atoms with E-state index in [2.05, 4.69) is 10.2 Å². The Bertz CT molecular complexity index is 881. The van der Waals surface area contributed by atoms with Crippen LogP contribution >= 0.6 is 0 Å². The average molecular weight is 399 g/mol. The molecule has 0 saturated carbocycles. The monoisotopic (exact) mass is 399 g/mol. The zero-order chi connectivity index (χ0) is 20.2. The number of ether oxygens (including phenoxy) is 4. The van der Waals surface area contributed by atoms with Crippen molar-refractivity contribution in [1.82, 2.24) is 9.80 Å². The van der Waals surface area contributed by atoms with Gasteiger partial charge in [-0.3, -0.25) is 4.90 Å². The Kier molecular flexibility index (Phi) is 5.62. The van der Waals surface area contributed by atoms with E-state index in [-0.39, 0.29) is 12.8 Å². The number of rotatable bonds is 5. The number of amides is 2. The number of piperazine rings is 1. The minimum absolute atomic E-state index is 0.102. The maximum Gasteiger partial charge on any atom is 0.321 e. The Morgan fingerprint density at radius 3 is 2.48 bits per heavy atom. The molecule has 8 heteroatoms. The fraction of sp³-hybridized carbons (Fsp3) is 0.381. The van der Waals surface area contributed by atoms with Gasteiger partial charge in [0.15, 0.2) is 23.0 Å². The highest BCUT2D eigenvalue weighted by Gasteiger charge is 2.22. The summed E-state index contributed by atoms with van der Waals surface area (Å²) in [6.07, 6.45) is 0. The van der Waals surface area contributed by atoms with Crippen LogP contribution in [0.2, 0.25) is 0 Å². The van der Waals surface area contributed by atoms with E-state index < -0.39 is 0 Å². The van der Waals surface area contributed by atoms with Crippen molar-refractivity contribution in [2.45, 2.75) is 6.54 Å². The molecular weight excluding hydrogens is 374 g/mol. The van der Waals surface area contributed by atoms with Gasteiger partial charge < -0.3 is 29.2 Å². The second kappa shape index (κ2) is 8.48. The predicted octanol–water partition coefficient (Wildman–Crippen LogP) is 2.78. The van der Waals surface area contributed by atoms with Crippen molar-refractivity contribution in [1.29, 1.82) is 0 Å². The van der Waals surface area contributed by atoms with Gasteiger partial charge in [-0.05, 0) is 29.8 Å². The Labute approximate surface area is 169 Å². The predicted molar refractivity (Wildman–Crippen MR) is 108 cm³/mol. The Balaban J connectivity index is 1.29. The molecule has 0 unspecified atom stereocenters. The van der Waals surface area contributed by atoms with Crippen molar-refractivity contribution in [2.24, 2.45) is 0 Å². The summed E-state index contributed by atoms with van der Waals surface area (Å²) in [5.74, 6) is 2.81. The first kappa shape index (κ1) is 19.2. The average Bonchev–Trinajstić information content (AvgIpc) is 3.22. The maximum absolute atomic E-state index is 12.6. The first-order valence-corrected chi connectivity index (χ1v) is 9.55. The number of carbonyl (C=O) groups is 1. The third-order valence-electron chi connectivity index (χ3n) is 5.14. The van der Waals surface area contributed by atoms with Crippen LogP contribution in [0.5, 0.6) is 23.0 Å². The minimum atomic E-state index is -0.102. The van der Waals surface area contributed by atoms with Crippen LogP contribution in [-0.2, 0) is 6.54 Å². The van der Waals surface area contributed by atoms with Crippen LogP contribution in [0.1, 0.15) is 5.56 Å². The summed E-state index contributed by atoms with van der Waals surface area (Å²) in [6, 6.07) is 11.3. The van der Waals surface area contributed by atoms with Gasteiger partial charge in [-0.25, -0.2) is 4.79 Å². The van der Waals surface area contributed by atoms with Crippen molar-refractivity contribution < 1.29 is 23.7 Å². The molecule has 1 fully saturated rings. The van der Waals surface area contributed by atoms with E-state index in [1.807, 2.05) is 29.2 Å². The molecule has 2 amide bonds. The van der Waals surface area contributed by atoms with Gasteiger partial charge >= 0.3 is 6.03 Å². The number of nitrogens with one attached hydrogen (secondary N) is 1. The van der Waals surface area contributed by atoms with Gasteiger partial charge in [-0.2, -0.15) is 0 Å². The zero-order valence-corrected chi connectivity index (χ0v) is 16.6. The minimum Gasteiger partial charge on any atom is -0.493 e. The standard InChI is InChI=1S/C21H25N3O5/c1-26-17-5-3-15(11-19(17)27-2)13-23-7-9-24(10-8-23)21(25)22-16-4-6-18-20(12-16)29-14-28-18/h3-6,11-12H,7-10,13-14H2,1-2H3,(H,22,25). The summed E-state index contributed by atoms with van der Waals surface area (Å²) in [6.45, 7) is 3.98. The summed E-state index contributed by atoms with van der Waals surface area (Å²) in [5, 5.41) is 2.94. The molecule has 2 heterocycles. The molecule has 2 aliphatic rings. The number of benzene rings is 2. The fourth-order valence-electron chi connectivity index (χ4n) is 3.52. The van der Waals surface area contributed by atoms with Crippen LogP contribution in [0, 0.1) is 0 Å². The molecular formula is C21H25N3O5. The highest BCUT2D eigenvalue weighted by atomic mass is 16.7. The number of hydrogen-bond donors (Lipinski definition) is 1. The summed E-state index contributed by atoms with van der Waals surface area (Å²) < 4.78 is 21.3. The van der Waals surface area contributed by atoms with Crippen molar-refractivity contribution >= 4 is 11.7 Å². The quantitative estimate of drug-likeness (QED) is 0.834. The molecule has 0 aromatic heterocycles. The molecule has 2 aliphatic heterocycles. The topological polar surface area (TPSA) is 72.5 Å². The van der Waals surface area contributed by atoms with Crippen LogP contribution in [0.4, 0.5) is 10.5 Å². The van der Waals surface area contributed by atoms with E-state index >= 15 is 0 Å². The van der Waals surface area contributed by atoms with E-state index in [1.54, 1.807) is 26.4 Å². The molecule has 154 valence electrons. The van der Waals surface area contributed by atoms with Gasteiger partial charge in [0.1, 0.15) is 0 Å². The third-order valence-corrected chi connectivity index (χ3v) is 5.14. The lowest BCUT2D eigenvalue weighted by Crippen LogP contribution is -2.49. The van der Waals surface area contributed by atoms with Crippen LogP contribution in [0.25, 0.3) is 0 Å². The van der Waals surface area contributed by atoms with E-state index in [1.165, 1.54) is 0 Å². The smallest absolute Gasteiger partial charge is 0.321 e. The summed E-state index contributed by atoms with van der Waals surface area (Å²) >= 11 is 0. The number of fused-ring (bicyclic) bond motifs is 1. The second-order valence-corrected chi connectivity index (χ2v) is 6.95. The Morgan fingerprint density at radius 2 is 1.72 bits per heavy atom. The number of methoxy groups -OCH3 is 2. The molecule has 1 saturated heterocycles. The lowest BCUT2D eigenvalue weighted by Gasteiger charge is -2.34. The van der Waals surface area contributed by atoms with Gasteiger partial charge in [-0.1, -0.05) is 6.07 Å². The Hall–Kier alpha value is -3.13. The maximum atomic E-state index is 12.6. The van der Waals surface area contributed by atoms with Crippen LogP contribution < -0.4 is 24.3 Å². The van der Waals surface area contributed by atoms with Crippen molar-refractivity contribution in [3.63, 3.8) is 0 Å². The number of nitrogens with zero attached hydrogens (tertiary/aromatic N) is 2. The molecule has 0 aliphatic carbocycles. The lowest BCUT2D eigenvalue weighted by molar-refractivity contribution is 0.143. The van der Waals surface area contributed by atoms with Gasteiger partial charge in [-0.15, -0.1) is 0 Å². The molecule has 0 bridgehead atoms. The number of carbonyl (C=O) groups excluding carboxylic acids is 1. The fourth-order valence-corrected chi connectivity index (χ4v) is 3.52. The second-order valence-electron chi connectivity index (χ2n) is 6.95. The largest absolute Gasteiger partial charge is 0.493 e. The van der Waals surface area contributed by atoms with E-state index in [0.29, 0.717) is 30.3 Å². The Morgan fingerprint density at radius 1 is 0.966 bits per heavy atom. The van der Waals surface area contributed by atoms with Gasteiger partial charge in [0.2, 0.25) is 6.79 Å². The highest BCUT2D eigenvalue weighted by molar-refractivity contribution is 5.89. The van der Waals surface area contributed by atoms with E-state index in [0.717, 1.165) is 36.7 Å². The van der Waals surface area contributed by atoms with Crippen LogP contribution in [0.3, 0.4) is 0 Å². The summed E-state index contributed by atoms with van der Waals surface area (Å²) in [7, 11) is 3.27. The first-order chi connectivity index (χ1) is 14.2. The van der Waals surface area contributed by atoms with Gasteiger partial charge in [0.05, 0.1) is 14.2 Å².